The first-order valence-corrected chi connectivity index (χ1v) is 7.60. The monoisotopic (exact) mass is 335 g/mol. The zero-order valence-corrected chi connectivity index (χ0v) is 12.9. The first-order chi connectivity index (χ1) is 11.4. The normalized spacial score (nSPS) is 24.0. The highest BCUT2D eigenvalue weighted by molar-refractivity contribution is 5.84. The molecule has 0 radical (unpaired) electrons. The minimum absolute atomic E-state index is 0.243. The van der Waals surface area contributed by atoms with Gasteiger partial charge in [0.2, 0.25) is 0 Å². The molecular weight excluding hydrogens is 319 g/mol. The number of hydrogen-bond acceptors (Lipinski definition) is 2. The fourth-order valence-electron chi connectivity index (χ4n) is 2.85. The molecule has 2 aromatic rings. The second kappa shape index (κ2) is 5.94. The van der Waals surface area contributed by atoms with Gasteiger partial charge in [0, 0.05) is 11.1 Å². The average molecular weight is 335 g/mol. The average Bonchev–Trinajstić information content (AvgIpc) is 2.93. The van der Waals surface area contributed by atoms with Crippen LogP contribution in [0.3, 0.4) is 0 Å². The fourth-order valence-corrected chi connectivity index (χ4v) is 2.85. The SMILES string of the molecule is CCC1OC(c2ccccc2)(c2cccc(C(F)(F)F)c2)NC1=O. The molecule has 2 aromatic carbocycles. The van der Waals surface area contributed by atoms with E-state index in [0.717, 1.165) is 12.1 Å². The van der Waals surface area contributed by atoms with Gasteiger partial charge in [0.25, 0.3) is 5.91 Å². The number of carbonyl (C=O) groups is 1. The lowest BCUT2D eigenvalue weighted by Crippen LogP contribution is -2.41. The Morgan fingerprint density at radius 2 is 1.75 bits per heavy atom. The van der Waals surface area contributed by atoms with E-state index in [1.54, 1.807) is 37.3 Å². The summed E-state index contributed by atoms with van der Waals surface area (Å²) in [4.78, 5) is 12.2. The van der Waals surface area contributed by atoms with Crippen LogP contribution in [0, 0.1) is 0 Å². The molecule has 1 N–H and O–H groups in total. The summed E-state index contributed by atoms with van der Waals surface area (Å²) in [6, 6.07) is 13.6. The Morgan fingerprint density at radius 1 is 1.08 bits per heavy atom. The number of nitrogens with one attached hydrogen (secondary N) is 1. The summed E-state index contributed by atoms with van der Waals surface area (Å²) in [5, 5.41) is 2.75. The molecule has 1 amide bonds. The fraction of sp³-hybridized carbons (Fsp3) is 0.278. The van der Waals surface area contributed by atoms with Crippen LogP contribution >= 0.6 is 0 Å². The molecule has 6 heteroatoms. The minimum atomic E-state index is -4.47. The van der Waals surface area contributed by atoms with E-state index in [2.05, 4.69) is 5.32 Å². The zero-order valence-electron chi connectivity index (χ0n) is 12.9. The lowest BCUT2D eigenvalue weighted by Gasteiger charge is -2.30. The van der Waals surface area contributed by atoms with E-state index in [-0.39, 0.29) is 11.5 Å². The highest BCUT2D eigenvalue weighted by Crippen LogP contribution is 2.39. The number of amides is 1. The molecule has 1 heterocycles. The van der Waals surface area contributed by atoms with E-state index in [1.807, 2.05) is 0 Å². The predicted octanol–water partition coefficient (Wildman–Crippen LogP) is 3.83. The topological polar surface area (TPSA) is 38.3 Å². The molecule has 1 aliphatic rings. The first kappa shape index (κ1) is 16.5. The van der Waals surface area contributed by atoms with Crippen molar-refractivity contribution in [3.05, 3.63) is 71.3 Å². The molecule has 0 aromatic heterocycles. The van der Waals surface area contributed by atoms with Gasteiger partial charge in [-0.3, -0.25) is 4.79 Å². The van der Waals surface area contributed by atoms with Crippen LogP contribution in [0.1, 0.15) is 30.0 Å². The molecule has 0 aliphatic carbocycles. The number of hydrogen-bond donors (Lipinski definition) is 1. The van der Waals surface area contributed by atoms with Crippen molar-refractivity contribution < 1.29 is 22.7 Å². The lowest BCUT2D eigenvalue weighted by atomic mass is 9.93. The van der Waals surface area contributed by atoms with Crippen LogP contribution < -0.4 is 5.32 Å². The van der Waals surface area contributed by atoms with E-state index in [1.165, 1.54) is 12.1 Å². The van der Waals surface area contributed by atoms with Crippen molar-refractivity contribution in [2.75, 3.05) is 0 Å². The van der Waals surface area contributed by atoms with Crippen LogP contribution in [0.25, 0.3) is 0 Å². The van der Waals surface area contributed by atoms with Gasteiger partial charge in [-0.25, -0.2) is 0 Å². The van der Waals surface area contributed by atoms with E-state index in [4.69, 9.17) is 4.74 Å². The Kier molecular flexibility index (Phi) is 4.09. The Morgan fingerprint density at radius 3 is 2.33 bits per heavy atom. The Hall–Kier alpha value is -2.34. The third kappa shape index (κ3) is 2.78. The van der Waals surface area contributed by atoms with Crippen molar-refractivity contribution in [1.29, 1.82) is 0 Å². The Balaban J connectivity index is 2.16. The molecule has 3 nitrogen and oxygen atoms in total. The van der Waals surface area contributed by atoms with Crippen molar-refractivity contribution in [3.8, 4) is 0 Å². The lowest BCUT2D eigenvalue weighted by molar-refractivity contribution is -0.137. The molecule has 3 rings (SSSR count). The van der Waals surface area contributed by atoms with Crippen LogP contribution in [0.15, 0.2) is 54.6 Å². The number of rotatable bonds is 3. The maximum atomic E-state index is 13.1. The molecule has 1 saturated heterocycles. The number of carbonyl (C=O) groups excluding carboxylic acids is 1. The van der Waals surface area contributed by atoms with Crippen molar-refractivity contribution in [2.24, 2.45) is 0 Å². The van der Waals surface area contributed by atoms with E-state index in [0.29, 0.717) is 12.0 Å². The minimum Gasteiger partial charge on any atom is -0.334 e. The van der Waals surface area contributed by atoms with Crippen molar-refractivity contribution in [2.45, 2.75) is 31.3 Å². The second-order valence-electron chi connectivity index (χ2n) is 5.63. The summed E-state index contributed by atoms with van der Waals surface area (Å²) >= 11 is 0. The Labute approximate surface area is 137 Å². The van der Waals surface area contributed by atoms with Gasteiger partial charge >= 0.3 is 6.18 Å². The maximum absolute atomic E-state index is 13.1. The quantitative estimate of drug-likeness (QED) is 0.926. The highest BCUT2D eigenvalue weighted by atomic mass is 19.4. The van der Waals surface area contributed by atoms with Gasteiger partial charge in [0.1, 0.15) is 6.10 Å². The van der Waals surface area contributed by atoms with Crippen molar-refractivity contribution in [1.82, 2.24) is 5.32 Å². The number of alkyl halides is 3. The van der Waals surface area contributed by atoms with Gasteiger partial charge in [-0.15, -0.1) is 0 Å². The maximum Gasteiger partial charge on any atom is 0.416 e. The predicted molar refractivity (Wildman–Crippen MR) is 82.0 cm³/mol. The summed E-state index contributed by atoms with van der Waals surface area (Å²) in [5.74, 6) is -0.334. The molecule has 126 valence electrons. The summed E-state index contributed by atoms with van der Waals surface area (Å²) in [5.41, 5.74) is -1.38. The second-order valence-corrected chi connectivity index (χ2v) is 5.63. The number of halogens is 3. The van der Waals surface area contributed by atoms with Gasteiger partial charge in [-0.2, -0.15) is 13.2 Å². The summed E-state index contributed by atoms with van der Waals surface area (Å²) in [6.07, 6.45) is -4.75. The van der Waals surface area contributed by atoms with Gasteiger partial charge in [0.05, 0.1) is 5.56 Å². The molecule has 0 bridgehead atoms. The molecule has 0 saturated carbocycles. The molecule has 0 spiro atoms. The Bertz CT molecular complexity index is 745. The van der Waals surface area contributed by atoms with Crippen LogP contribution in [0.5, 0.6) is 0 Å². The third-order valence-corrected chi connectivity index (χ3v) is 4.06. The van der Waals surface area contributed by atoms with Crippen LogP contribution in [-0.4, -0.2) is 12.0 Å². The number of benzene rings is 2. The van der Waals surface area contributed by atoms with Gasteiger partial charge in [0.15, 0.2) is 5.72 Å². The molecular formula is C18H16F3NO2. The number of ether oxygens (including phenoxy) is 1. The van der Waals surface area contributed by atoms with Crippen molar-refractivity contribution in [3.63, 3.8) is 0 Å². The zero-order chi connectivity index (χ0) is 17.4. The van der Waals surface area contributed by atoms with E-state index in [9.17, 15) is 18.0 Å². The molecule has 2 unspecified atom stereocenters. The van der Waals surface area contributed by atoms with Gasteiger partial charge in [-0.05, 0) is 18.6 Å². The highest BCUT2D eigenvalue weighted by Gasteiger charge is 2.48. The summed E-state index contributed by atoms with van der Waals surface area (Å²) < 4.78 is 45.1. The van der Waals surface area contributed by atoms with Crippen LogP contribution in [-0.2, 0) is 21.4 Å². The largest absolute Gasteiger partial charge is 0.416 e. The van der Waals surface area contributed by atoms with Gasteiger partial charge < -0.3 is 10.1 Å². The molecule has 2 atom stereocenters. The molecule has 24 heavy (non-hydrogen) atoms. The standard InChI is InChI=1S/C18H16F3NO2/c1-2-15-16(23)22-17(24-15,12-7-4-3-5-8-12)13-9-6-10-14(11-13)18(19,20)21/h3-11,15H,2H2,1H3,(H,22,23). The van der Waals surface area contributed by atoms with Crippen molar-refractivity contribution >= 4 is 5.91 Å². The van der Waals surface area contributed by atoms with E-state index < -0.39 is 23.6 Å². The molecule has 1 aliphatic heterocycles. The van der Waals surface area contributed by atoms with Crippen LogP contribution in [0.2, 0.25) is 0 Å². The van der Waals surface area contributed by atoms with Crippen LogP contribution in [0.4, 0.5) is 13.2 Å². The summed E-state index contributed by atoms with van der Waals surface area (Å²) in [7, 11) is 0. The van der Waals surface area contributed by atoms with Gasteiger partial charge in [-0.1, -0.05) is 49.4 Å². The third-order valence-electron chi connectivity index (χ3n) is 4.06. The van der Waals surface area contributed by atoms with E-state index >= 15 is 0 Å². The first-order valence-electron chi connectivity index (χ1n) is 7.60. The smallest absolute Gasteiger partial charge is 0.334 e. The summed E-state index contributed by atoms with van der Waals surface area (Å²) in [6.45, 7) is 1.79. The molecule has 1 fully saturated rings.